The van der Waals surface area contributed by atoms with E-state index in [0.717, 1.165) is 35.7 Å². The van der Waals surface area contributed by atoms with Crippen LogP contribution in [0.1, 0.15) is 44.2 Å². The molecule has 1 heterocycles. The van der Waals surface area contributed by atoms with Crippen LogP contribution < -0.4 is 10.6 Å². The summed E-state index contributed by atoms with van der Waals surface area (Å²) in [7, 11) is 1.90. The largest absolute Gasteiger partial charge is 0.373 e. The Morgan fingerprint density at radius 3 is 2.48 bits per heavy atom. The first-order chi connectivity index (χ1) is 10.2. The lowest BCUT2D eigenvalue weighted by molar-refractivity contribution is 0.867. The minimum atomic E-state index is 0.467. The van der Waals surface area contributed by atoms with Gasteiger partial charge in [0, 0.05) is 18.3 Å². The molecule has 4 heteroatoms. The van der Waals surface area contributed by atoms with Crippen LogP contribution in [-0.2, 0) is 6.42 Å². The van der Waals surface area contributed by atoms with E-state index < -0.39 is 0 Å². The van der Waals surface area contributed by atoms with E-state index in [-0.39, 0.29) is 0 Å². The second kappa shape index (κ2) is 7.07. The lowest BCUT2D eigenvalue weighted by atomic mass is 10.0. The molecule has 0 radical (unpaired) electrons. The summed E-state index contributed by atoms with van der Waals surface area (Å²) in [5, 5.41) is 6.64. The monoisotopic (exact) mass is 284 g/mol. The summed E-state index contributed by atoms with van der Waals surface area (Å²) in [6.07, 6.45) is 3.61. The van der Waals surface area contributed by atoms with Crippen LogP contribution in [-0.4, -0.2) is 17.0 Å². The van der Waals surface area contributed by atoms with Gasteiger partial charge in [-0.25, -0.2) is 9.97 Å². The van der Waals surface area contributed by atoms with Crippen molar-refractivity contribution < 1.29 is 0 Å². The van der Waals surface area contributed by atoms with Gasteiger partial charge >= 0.3 is 0 Å². The number of benzene rings is 1. The van der Waals surface area contributed by atoms with Gasteiger partial charge in [-0.15, -0.1) is 0 Å². The van der Waals surface area contributed by atoms with Crippen molar-refractivity contribution >= 4 is 17.3 Å². The van der Waals surface area contributed by atoms with Crippen molar-refractivity contribution in [3.8, 4) is 0 Å². The summed E-state index contributed by atoms with van der Waals surface area (Å²) in [6, 6.07) is 8.39. The van der Waals surface area contributed by atoms with Crippen LogP contribution in [0.15, 0.2) is 30.6 Å². The molecule has 0 aliphatic rings. The highest BCUT2D eigenvalue weighted by Crippen LogP contribution is 2.29. The van der Waals surface area contributed by atoms with Gasteiger partial charge in [-0.05, 0) is 24.0 Å². The number of hydrogen-bond acceptors (Lipinski definition) is 4. The molecule has 4 nitrogen and oxygen atoms in total. The Bertz CT molecular complexity index is 593. The highest BCUT2D eigenvalue weighted by molar-refractivity contribution is 5.67. The summed E-state index contributed by atoms with van der Waals surface area (Å²) < 4.78 is 0. The van der Waals surface area contributed by atoms with Crippen molar-refractivity contribution in [2.45, 2.75) is 39.5 Å². The molecule has 0 amide bonds. The van der Waals surface area contributed by atoms with Gasteiger partial charge in [0.15, 0.2) is 0 Å². The Labute approximate surface area is 127 Å². The average molecular weight is 284 g/mol. The average Bonchev–Trinajstić information content (AvgIpc) is 2.49. The van der Waals surface area contributed by atoms with Crippen LogP contribution in [0.4, 0.5) is 17.3 Å². The highest BCUT2D eigenvalue weighted by atomic mass is 15.1. The topological polar surface area (TPSA) is 49.8 Å². The van der Waals surface area contributed by atoms with Crippen LogP contribution in [0.5, 0.6) is 0 Å². The lowest BCUT2D eigenvalue weighted by Crippen LogP contribution is -2.07. The van der Waals surface area contributed by atoms with Crippen molar-refractivity contribution in [2.24, 2.45) is 0 Å². The molecule has 0 fully saturated rings. The number of nitrogens with one attached hydrogen (secondary N) is 2. The SMILES string of the molecule is CCCc1c(NC)ncnc1Nc1ccccc1C(C)C. The van der Waals surface area contributed by atoms with E-state index in [2.05, 4.69) is 59.6 Å². The Balaban J connectivity index is 2.40. The normalized spacial score (nSPS) is 10.7. The molecule has 0 atom stereocenters. The van der Waals surface area contributed by atoms with Crippen LogP contribution in [0.3, 0.4) is 0 Å². The number of hydrogen-bond donors (Lipinski definition) is 2. The molecule has 112 valence electrons. The minimum absolute atomic E-state index is 0.467. The van der Waals surface area contributed by atoms with Crippen molar-refractivity contribution in [2.75, 3.05) is 17.7 Å². The van der Waals surface area contributed by atoms with Crippen LogP contribution in [0.2, 0.25) is 0 Å². The second-order valence-corrected chi connectivity index (χ2v) is 5.42. The predicted molar refractivity (Wildman–Crippen MR) is 89.4 cm³/mol. The predicted octanol–water partition coefficient (Wildman–Crippen LogP) is 4.34. The van der Waals surface area contributed by atoms with Gasteiger partial charge in [-0.1, -0.05) is 45.4 Å². The smallest absolute Gasteiger partial charge is 0.139 e. The first kappa shape index (κ1) is 15.3. The fraction of sp³-hybridized carbons (Fsp3) is 0.412. The fourth-order valence-corrected chi connectivity index (χ4v) is 2.46. The molecule has 0 aliphatic heterocycles. The fourth-order valence-electron chi connectivity index (χ4n) is 2.46. The number of aromatic nitrogens is 2. The number of nitrogens with zero attached hydrogens (tertiary/aromatic N) is 2. The van der Waals surface area contributed by atoms with Crippen molar-refractivity contribution in [3.63, 3.8) is 0 Å². The van der Waals surface area contributed by atoms with Gasteiger partial charge in [0.1, 0.15) is 18.0 Å². The van der Waals surface area contributed by atoms with Crippen molar-refractivity contribution in [1.29, 1.82) is 0 Å². The Hall–Kier alpha value is -2.10. The maximum absolute atomic E-state index is 4.44. The zero-order chi connectivity index (χ0) is 15.2. The molecule has 21 heavy (non-hydrogen) atoms. The minimum Gasteiger partial charge on any atom is -0.373 e. The van der Waals surface area contributed by atoms with E-state index in [4.69, 9.17) is 0 Å². The molecular formula is C17H24N4. The summed E-state index contributed by atoms with van der Waals surface area (Å²) in [6.45, 7) is 6.57. The molecule has 0 unspecified atom stereocenters. The third kappa shape index (κ3) is 3.51. The molecule has 0 saturated heterocycles. The van der Waals surface area contributed by atoms with E-state index in [1.165, 1.54) is 5.56 Å². The van der Waals surface area contributed by atoms with Gasteiger partial charge in [0.2, 0.25) is 0 Å². The molecule has 0 aliphatic carbocycles. The molecule has 2 N–H and O–H groups in total. The van der Waals surface area contributed by atoms with Crippen LogP contribution in [0.25, 0.3) is 0 Å². The van der Waals surface area contributed by atoms with Crippen LogP contribution in [0, 0.1) is 0 Å². The summed E-state index contributed by atoms with van der Waals surface area (Å²) in [5.41, 5.74) is 3.55. The van der Waals surface area contributed by atoms with E-state index in [1.54, 1.807) is 6.33 Å². The maximum atomic E-state index is 4.44. The lowest BCUT2D eigenvalue weighted by Gasteiger charge is -2.17. The van der Waals surface area contributed by atoms with E-state index in [1.807, 2.05) is 13.1 Å². The number of anilines is 3. The summed E-state index contributed by atoms with van der Waals surface area (Å²) in [4.78, 5) is 8.75. The van der Waals surface area contributed by atoms with Gasteiger partial charge in [-0.2, -0.15) is 0 Å². The molecule has 0 saturated carbocycles. The van der Waals surface area contributed by atoms with E-state index >= 15 is 0 Å². The molecule has 1 aromatic carbocycles. The van der Waals surface area contributed by atoms with Gasteiger partial charge in [0.25, 0.3) is 0 Å². The van der Waals surface area contributed by atoms with Gasteiger partial charge in [-0.3, -0.25) is 0 Å². The Morgan fingerprint density at radius 1 is 1.10 bits per heavy atom. The Morgan fingerprint density at radius 2 is 1.81 bits per heavy atom. The van der Waals surface area contributed by atoms with E-state index in [0.29, 0.717) is 5.92 Å². The van der Waals surface area contributed by atoms with Crippen molar-refractivity contribution in [3.05, 3.63) is 41.7 Å². The molecule has 0 bridgehead atoms. The van der Waals surface area contributed by atoms with Crippen molar-refractivity contribution in [1.82, 2.24) is 9.97 Å². The molecule has 2 rings (SSSR count). The second-order valence-electron chi connectivity index (χ2n) is 5.42. The number of para-hydroxylation sites is 1. The summed E-state index contributed by atoms with van der Waals surface area (Å²) >= 11 is 0. The number of rotatable bonds is 6. The zero-order valence-electron chi connectivity index (χ0n) is 13.3. The third-order valence-corrected chi connectivity index (χ3v) is 3.52. The van der Waals surface area contributed by atoms with Gasteiger partial charge < -0.3 is 10.6 Å². The molecule has 1 aromatic heterocycles. The van der Waals surface area contributed by atoms with Gasteiger partial charge in [0.05, 0.1) is 0 Å². The first-order valence-corrected chi connectivity index (χ1v) is 7.54. The zero-order valence-corrected chi connectivity index (χ0v) is 13.3. The molecule has 2 aromatic rings. The third-order valence-electron chi connectivity index (χ3n) is 3.52. The molecule has 0 spiro atoms. The standard InChI is InChI=1S/C17H24N4/c1-5-8-14-16(18-4)19-11-20-17(14)21-15-10-7-6-9-13(15)12(2)3/h6-7,9-12H,5,8H2,1-4H3,(H2,18,19,20,21). The Kier molecular flexibility index (Phi) is 5.14. The quantitative estimate of drug-likeness (QED) is 0.828. The first-order valence-electron chi connectivity index (χ1n) is 7.54. The van der Waals surface area contributed by atoms with Crippen LogP contribution >= 0.6 is 0 Å². The maximum Gasteiger partial charge on any atom is 0.139 e. The molecular weight excluding hydrogens is 260 g/mol. The summed E-state index contributed by atoms with van der Waals surface area (Å²) in [5.74, 6) is 2.26. The van der Waals surface area contributed by atoms with E-state index in [9.17, 15) is 0 Å². The highest BCUT2D eigenvalue weighted by Gasteiger charge is 2.12.